The smallest absolute Gasteiger partial charge is 0.264 e. The molecule has 0 aromatic carbocycles. The van der Waals surface area contributed by atoms with Crippen molar-refractivity contribution < 1.29 is 4.74 Å². The number of nitrogens with one attached hydrogen (secondary N) is 1. The van der Waals surface area contributed by atoms with Crippen LogP contribution in [0, 0.1) is 0 Å². The third-order valence-corrected chi connectivity index (χ3v) is 4.21. The molecule has 2 aromatic rings. The molecule has 0 aliphatic rings. The molecule has 140 valence electrons. The topological polar surface area (TPSA) is 61.1 Å². The second-order valence-electron chi connectivity index (χ2n) is 6.59. The van der Waals surface area contributed by atoms with E-state index < -0.39 is 0 Å². The molecule has 0 radical (unpaired) electrons. The number of fused-ring (bicyclic) bond motifs is 1. The molecule has 1 N–H and O–H groups in total. The molecule has 0 aliphatic heterocycles. The maximum atomic E-state index is 13.0. The molecule has 0 bridgehead atoms. The van der Waals surface area contributed by atoms with E-state index in [-0.39, 0.29) is 5.56 Å². The van der Waals surface area contributed by atoms with Gasteiger partial charge in [-0.25, -0.2) is 0 Å². The molecule has 26 heavy (non-hydrogen) atoms. The van der Waals surface area contributed by atoms with E-state index in [1.807, 2.05) is 38.6 Å². The van der Waals surface area contributed by atoms with Crippen molar-refractivity contribution in [1.29, 1.82) is 0 Å². The minimum absolute atomic E-state index is 0.0881. The fourth-order valence-corrected chi connectivity index (χ4v) is 3.02. The Morgan fingerprint density at radius 2 is 2.04 bits per heavy atom. The zero-order valence-electron chi connectivity index (χ0n) is 16.5. The summed E-state index contributed by atoms with van der Waals surface area (Å²) in [5, 5.41) is 3.75. The van der Waals surface area contributed by atoms with Crippen molar-refractivity contribution >= 4 is 22.6 Å². The van der Waals surface area contributed by atoms with E-state index in [1.54, 1.807) is 24.8 Å². The number of aromatic nitrogens is 3. The number of rotatable bonds is 7. The van der Waals surface area contributed by atoms with E-state index in [2.05, 4.69) is 23.0 Å². The van der Waals surface area contributed by atoms with Crippen LogP contribution < -0.4 is 10.9 Å². The Labute approximate surface area is 154 Å². The van der Waals surface area contributed by atoms with Crippen LogP contribution in [0.25, 0.3) is 16.6 Å². The lowest BCUT2D eigenvalue weighted by atomic mass is 10.00. The molecule has 6 heteroatoms. The van der Waals surface area contributed by atoms with Gasteiger partial charge in [0.2, 0.25) is 5.95 Å². The van der Waals surface area contributed by atoms with Gasteiger partial charge in [0.1, 0.15) is 5.65 Å². The summed E-state index contributed by atoms with van der Waals surface area (Å²) in [5.41, 5.74) is 4.61. The van der Waals surface area contributed by atoms with Gasteiger partial charge in [-0.1, -0.05) is 24.3 Å². The first-order valence-electron chi connectivity index (χ1n) is 8.59. The highest BCUT2D eigenvalue weighted by molar-refractivity contribution is 5.95. The summed E-state index contributed by atoms with van der Waals surface area (Å²) in [6.45, 7) is 11.2. The predicted molar refractivity (Wildman–Crippen MR) is 109 cm³/mol. The molecule has 0 unspecified atom stereocenters. The first-order chi connectivity index (χ1) is 12.3. The van der Waals surface area contributed by atoms with Gasteiger partial charge < -0.3 is 14.6 Å². The van der Waals surface area contributed by atoms with Crippen molar-refractivity contribution in [1.82, 2.24) is 14.1 Å². The van der Waals surface area contributed by atoms with E-state index in [4.69, 9.17) is 4.74 Å². The molecule has 0 saturated carbocycles. The van der Waals surface area contributed by atoms with Gasteiger partial charge in [-0.2, -0.15) is 4.98 Å². The molecule has 6 nitrogen and oxygen atoms in total. The van der Waals surface area contributed by atoms with Crippen LogP contribution in [0.5, 0.6) is 0 Å². The van der Waals surface area contributed by atoms with Gasteiger partial charge in [-0.3, -0.25) is 9.36 Å². The lowest BCUT2D eigenvalue weighted by Crippen LogP contribution is -2.24. The molecular weight excluding hydrogens is 328 g/mol. The minimum atomic E-state index is -0.0881. The molecule has 0 aliphatic carbocycles. The van der Waals surface area contributed by atoms with Crippen LogP contribution in [-0.2, 0) is 18.8 Å². The second-order valence-corrected chi connectivity index (χ2v) is 6.59. The summed E-state index contributed by atoms with van der Waals surface area (Å²) in [4.78, 5) is 17.7. The molecule has 0 fully saturated rings. The highest BCUT2D eigenvalue weighted by atomic mass is 16.5. The summed E-state index contributed by atoms with van der Waals surface area (Å²) in [6.07, 6.45) is 5.83. The number of allylic oxidation sites excluding steroid dienone is 5. The van der Waals surface area contributed by atoms with Crippen molar-refractivity contribution in [2.45, 2.75) is 20.8 Å². The first-order valence-corrected chi connectivity index (χ1v) is 8.59. The van der Waals surface area contributed by atoms with E-state index in [1.165, 1.54) is 5.57 Å². The predicted octanol–water partition coefficient (Wildman–Crippen LogP) is 3.26. The van der Waals surface area contributed by atoms with Crippen molar-refractivity contribution in [3.63, 3.8) is 0 Å². The van der Waals surface area contributed by atoms with E-state index in [0.29, 0.717) is 30.1 Å². The number of ether oxygens (including phenoxy) is 1. The number of aryl methyl sites for hydroxylation is 1. The Morgan fingerprint density at radius 3 is 2.62 bits per heavy atom. The number of nitrogens with zero attached hydrogens (tertiary/aromatic N) is 3. The summed E-state index contributed by atoms with van der Waals surface area (Å²) < 4.78 is 8.47. The normalized spacial score (nSPS) is 12.1. The molecular formula is C20H28N4O2. The van der Waals surface area contributed by atoms with Gasteiger partial charge >= 0.3 is 0 Å². The third kappa shape index (κ3) is 3.80. The maximum absolute atomic E-state index is 13.0. The standard InChI is InChI=1S/C20H28N4O2/c1-8-15(14(4)11-13(2)3)16-12-23(5)18-17(16)19(25)24(6)20(22-18)21-9-10-26-7/h8,11-12H,1,9-10H2,2-7H3,(H,21,22)/b15-14+. The number of methoxy groups -OCH3 is 1. The van der Waals surface area contributed by atoms with Crippen LogP contribution >= 0.6 is 0 Å². The average Bonchev–Trinajstić information content (AvgIpc) is 2.89. The summed E-state index contributed by atoms with van der Waals surface area (Å²) >= 11 is 0. The largest absolute Gasteiger partial charge is 0.383 e. The zero-order valence-corrected chi connectivity index (χ0v) is 16.5. The lowest BCUT2D eigenvalue weighted by molar-refractivity contribution is 0.210. The molecule has 0 saturated heterocycles. The number of hydrogen-bond donors (Lipinski definition) is 1. The Kier molecular flexibility index (Phi) is 6.21. The van der Waals surface area contributed by atoms with Crippen LogP contribution in [0.3, 0.4) is 0 Å². The Balaban J connectivity index is 2.72. The lowest BCUT2D eigenvalue weighted by Gasteiger charge is -2.11. The van der Waals surface area contributed by atoms with Gasteiger partial charge in [0.25, 0.3) is 5.56 Å². The van der Waals surface area contributed by atoms with E-state index in [0.717, 1.165) is 16.7 Å². The molecule has 0 spiro atoms. The first kappa shape index (κ1) is 19.7. The van der Waals surface area contributed by atoms with Crippen molar-refractivity contribution in [2.24, 2.45) is 14.1 Å². The molecule has 2 rings (SSSR count). The van der Waals surface area contributed by atoms with Crippen LogP contribution in [0.15, 0.2) is 40.9 Å². The van der Waals surface area contributed by atoms with Gasteiger partial charge in [0, 0.05) is 39.5 Å². The summed E-state index contributed by atoms with van der Waals surface area (Å²) in [5.74, 6) is 0.525. The second kappa shape index (κ2) is 8.19. The van der Waals surface area contributed by atoms with Crippen LogP contribution in [0.2, 0.25) is 0 Å². The molecule has 2 aromatic heterocycles. The zero-order chi connectivity index (χ0) is 19.4. The summed E-state index contributed by atoms with van der Waals surface area (Å²) in [6, 6.07) is 0. The highest BCUT2D eigenvalue weighted by Gasteiger charge is 2.18. The van der Waals surface area contributed by atoms with Crippen LogP contribution in [0.4, 0.5) is 5.95 Å². The monoisotopic (exact) mass is 356 g/mol. The quantitative estimate of drug-likeness (QED) is 0.611. The fourth-order valence-electron chi connectivity index (χ4n) is 3.02. The summed E-state index contributed by atoms with van der Waals surface area (Å²) in [7, 11) is 5.26. The van der Waals surface area contributed by atoms with Crippen LogP contribution in [-0.4, -0.2) is 34.4 Å². The number of hydrogen-bond acceptors (Lipinski definition) is 4. The van der Waals surface area contributed by atoms with Gasteiger partial charge in [0.05, 0.1) is 12.0 Å². The van der Waals surface area contributed by atoms with Crippen molar-refractivity contribution in [3.8, 4) is 0 Å². The van der Waals surface area contributed by atoms with Crippen molar-refractivity contribution in [2.75, 3.05) is 25.6 Å². The molecule has 2 heterocycles. The minimum Gasteiger partial charge on any atom is -0.383 e. The van der Waals surface area contributed by atoms with Gasteiger partial charge in [-0.05, 0) is 31.9 Å². The molecule has 0 atom stereocenters. The van der Waals surface area contributed by atoms with Gasteiger partial charge in [-0.15, -0.1) is 0 Å². The molecule has 0 amide bonds. The third-order valence-electron chi connectivity index (χ3n) is 4.21. The average molecular weight is 356 g/mol. The highest BCUT2D eigenvalue weighted by Crippen LogP contribution is 2.28. The SMILES string of the molecule is C=C/C(=C(/C)C=C(C)C)c1cn(C)c2nc(NCCOC)n(C)c(=O)c12. The Bertz CT molecular complexity index is 941. The van der Waals surface area contributed by atoms with E-state index in [9.17, 15) is 4.79 Å². The van der Waals surface area contributed by atoms with Crippen LogP contribution in [0.1, 0.15) is 26.3 Å². The Hall–Kier alpha value is -2.60. The van der Waals surface area contributed by atoms with Gasteiger partial charge in [0.15, 0.2) is 0 Å². The fraction of sp³-hybridized carbons (Fsp3) is 0.400. The maximum Gasteiger partial charge on any atom is 0.264 e. The number of anilines is 1. The van der Waals surface area contributed by atoms with E-state index >= 15 is 0 Å². The Morgan fingerprint density at radius 1 is 1.35 bits per heavy atom. The van der Waals surface area contributed by atoms with Crippen molar-refractivity contribution in [3.05, 3.63) is 52.0 Å².